The van der Waals surface area contributed by atoms with Gasteiger partial charge in [0.15, 0.2) is 0 Å². The van der Waals surface area contributed by atoms with Crippen molar-refractivity contribution in [1.82, 2.24) is 0 Å². The minimum absolute atomic E-state index is 0.122. The molecule has 0 aliphatic heterocycles. The molecule has 4 heteroatoms. The summed E-state index contributed by atoms with van der Waals surface area (Å²) in [4.78, 5) is 0. The molecule has 0 aromatic heterocycles. The maximum Gasteiger partial charge on any atom is 0.119 e. The van der Waals surface area contributed by atoms with Crippen molar-refractivity contribution in [3.8, 4) is 5.75 Å². The van der Waals surface area contributed by atoms with E-state index in [-0.39, 0.29) is 13.2 Å². The third kappa shape index (κ3) is 4.06. The Balaban J connectivity index is 2.06. The average Bonchev–Trinajstić information content (AvgIpc) is 2.54. The standard InChI is InChI=1S/C17H19BrO3/c18-15-8-6-14(7-9-15)17(12-19,13-20)10-11-21-16-4-2-1-3-5-16/h1-9,19-20H,10-13H2. The lowest BCUT2D eigenvalue weighted by Gasteiger charge is -2.30. The number of hydrogen-bond acceptors (Lipinski definition) is 3. The average molecular weight is 351 g/mol. The smallest absolute Gasteiger partial charge is 0.119 e. The first-order valence-corrected chi connectivity index (χ1v) is 7.65. The topological polar surface area (TPSA) is 49.7 Å². The van der Waals surface area contributed by atoms with Crippen molar-refractivity contribution in [2.24, 2.45) is 0 Å². The number of benzene rings is 2. The van der Waals surface area contributed by atoms with Gasteiger partial charge < -0.3 is 14.9 Å². The van der Waals surface area contributed by atoms with E-state index < -0.39 is 5.41 Å². The molecule has 2 rings (SSSR count). The summed E-state index contributed by atoms with van der Waals surface area (Å²) in [7, 11) is 0. The van der Waals surface area contributed by atoms with E-state index in [4.69, 9.17) is 4.74 Å². The highest BCUT2D eigenvalue weighted by Crippen LogP contribution is 2.29. The molecule has 0 unspecified atom stereocenters. The molecule has 0 atom stereocenters. The zero-order valence-corrected chi connectivity index (χ0v) is 13.3. The van der Waals surface area contributed by atoms with Crippen molar-refractivity contribution in [2.45, 2.75) is 11.8 Å². The summed E-state index contributed by atoms with van der Waals surface area (Å²) < 4.78 is 6.65. The molecule has 2 aromatic carbocycles. The Labute approximate surface area is 133 Å². The molecule has 0 spiro atoms. The quantitative estimate of drug-likeness (QED) is 0.806. The molecular weight excluding hydrogens is 332 g/mol. The number of halogens is 1. The van der Waals surface area contributed by atoms with Crippen LogP contribution in [0.2, 0.25) is 0 Å². The lowest BCUT2D eigenvalue weighted by atomic mass is 9.79. The van der Waals surface area contributed by atoms with Crippen LogP contribution in [0.5, 0.6) is 5.75 Å². The van der Waals surface area contributed by atoms with Gasteiger partial charge in [-0.1, -0.05) is 46.3 Å². The number of aliphatic hydroxyl groups is 2. The van der Waals surface area contributed by atoms with Gasteiger partial charge in [-0.3, -0.25) is 0 Å². The third-order valence-electron chi connectivity index (χ3n) is 3.65. The van der Waals surface area contributed by atoms with E-state index in [2.05, 4.69) is 15.9 Å². The van der Waals surface area contributed by atoms with Crippen LogP contribution in [0.25, 0.3) is 0 Å². The molecule has 0 heterocycles. The van der Waals surface area contributed by atoms with Crippen molar-refractivity contribution in [3.63, 3.8) is 0 Å². The number of hydrogen-bond donors (Lipinski definition) is 2. The van der Waals surface area contributed by atoms with Crippen molar-refractivity contribution in [1.29, 1.82) is 0 Å². The van der Waals surface area contributed by atoms with E-state index in [9.17, 15) is 10.2 Å². The van der Waals surface area contributed by atoms with Gasteiger partial charge in [0.25, 0.3) is 0 Å². The van der Waals surface area contributed by atoms with Crippen LogP contribution in [-0.4, -0.2) is 30.0 Å². The predicted molar refractivity (Wildman–Crippen MR) is 86.5 cm³/mol. The van der Waals surface area contributed by atoms with E-state index in [1.807, 2.05) is 54.6 Å². The molecule has 0 radical (unpaired) electrons. The fourth-order valence-corrected chi connectivity index (χ4v) is 2.48. The van der Waals surface area contributed by atoms with Crippen LogP contribution in [0, 0.1) is 0 Å². The second-order valence-electron chi connectivity index (χ2n) is 5.01. The normalized spacial score (nSPS) is 11.4. The van der Waals surface area contributed by atoms with Gasteiger partial charge in [-0.25, -0.2) is 0 Å². The van der Waals surface area contributed by atoms with Gasteiger partial charge in [0.05, 0.1) is 19.8 Å². The molecule has 0 amide bonds. The molecule has 2 aromatic rings. The van der Waals surface area contributed by atoms with Crippen LogP contribution >= 0.6 is 15.9 Å². The van der Waals surface area contributed by atoms with Crippen LogP contribution in [-0.2, 0) is 5.41 Å². The van der Waals surface area contributed by atoms with Crippen molar-refractivity contribution < 1.29 is 14.9 Å². The van der Waals surface area contributed by atoms with Crippen molar-refractivity contribution in [3.05, 3.63) is 64.6 Å². The predicted octanol–water partition coefficient (Wildman–Crippen LogP) is 3.14. The zero-order chi connectivity index (χ0) is 15.1. The van der Waals surface area contributed by atoms with Crippen LogP contribution in [0.4, 0.5) is 0 Å². The van der Waals surface area contributed by atoms with Gasteiger partial charge in [-0.05, 0) is 36.2 Å². The molecule has 0 saturated carbocycles. The Morgan fingerprint density at radius 2 is 1.52 bits per heavy atom. The van der Waals surface area contributed by atoms with E-state index in [1.54, 1.807) is 0 Å². The summed E-state index contributed by atoms with van der Waals surface area (Å²) >= 11 is 3.39. The Bertz CT molecular complexity index is 536. The van der Waals surface area contributed by atoms with Crippen LogP contribution < -0.4 is 4.74 Å². The van der Waals surface area contributed by atoms with E-state index in [0.29, 0.717) is 13.0 Å². The lowest BCUT2D eigenvalue weighted by Crippen LogP contribution is -2.36. The molecule has 0 fully saturated rings. The monoisotopic (exact) mass is 350 g/mol. The second kappa shape index (κ2) is 7.59. The van der Waals surface area contributed by atoms with E-state index >= 15 is 0 Å². The minimum Gasteiger partial charge on any atom is -0.494 e. The fourth-order valence-electron chi connectivity index (χ4n) is 2.22. The molecular formula is C17H19BrO3. The molecule has 3 nitrogen and oxygen atoms in total. The molecule has 112 valence electrons. The number of ether oxygens (including phenoxy) is 1. The minimum atomic E-state index is -0.685. The van der Waals surface area contributed by atoms with Gasteiger partial charge >= 0.3 is 0 Å². The van der Waals surface area contributed by atoms with Gasteiger partial charge in [0.2, 0.25) is 0 Å². The van der Waals surface area contributed by atoms with Gasteiger partial charge in [0.1, 0.15) is 5.75 Å². The number of rotatable bonds is 7. The maximum atomic E-state index is 9.77. The molecule has 21 heavy (non-hydrogen) atoms. The Kier molecular flexibility index (Phi) is 5.79. The molecule has 0 bridgehead atoms. The first-order valence-electron chi connectivity index (χ1n) is 6.86. The summed E-state index contributed by atoms with van der Waals surface area (Å²) in [5.74, 6) is 0.790. The van der Waals surface area contributed by atoms with Gasteiger partial charge in [0, 0.05) is 9.89 Å². The first-order chi connectivity index (χ1) is 10.2. The summed E-state index contributed by atoms with van der Waals surface area (Å²) in [5.41, 5.74) is 0.225. The van der Waals surface area contributed by atoms with Crippen LogP contribution in [0.15, 0.2) is 59.1 Å². The summed E-state index contributed by atoms with van der Waals surface area (Å²) in [6.45, 7) is 0.188. The second-order valence-corrected chi connectivity index (χ2v) is 5.93. The first kappa shape index (κ1) is 16.0. The highest BCUT2D eigenvalue weighted by Gasteiger charge is 2.31. The van der Waals surface area contributed by atoms with Crippen molar-refractivity contribution in [2.75, 3.05) is 19.8 Å². The highest BCUT2D eigenvalue weighted by atomic mass is 79.9. The summed E-state index contributed by atoms with van der Waals surface area (Å²) in [6, 6.07) is 17.2. The lowest BCUT2D eigenvalue weighted by molar-refractivity contribution is 0.0951. The largest absolute Gasteiger partial charge is 0.494 e. The maximum absolute atomic E-state index is 9.77. The summed E-state index contributed by atoms with van der Waals surface area (Å²) in [5, 5.41) is 19.5. The molecule has 0 aliphatic carbocycles. The Hall–Kier alpha value is -1.36. The van der Waals surface area contributed by atoms with Gasteiger partial charge in [-0.15, -0.1) is 0 Å². The van der Waals surface area contributed by atoms with Crippen LogP contribution in [0.1, 0.15) is 12.0 Å². The third-order valence-corrected chi connectivity index (χ3v) is 4.18. The molecule has 2 N–H and O–H groups in total. The zero-order valence-electron chi connectivity index (χ0n) is 11.7. The summed E-state index contributed by atoms with van der Waals surface area (Å²) in [6.07, 6.45) is 0.538. The fraction of sp³-hybridized carbons (Fsp3) is 0.294. The SMILES string of the molecule is OCC(CO)(CCOc1ccccc1)c1ccc(Br)cc1. The van der Waals surface area contributed by atoms with Gasteiger partial charge in [-0.2, -0.15) is 0 Å². The number of aliphatic hydroxyl groups excluding tert-OH is 2. The molecule has 0 saturated heterocycles. The highest BCUT2D eigenvalue weighted by molar-refractivity contribution is 9.10. The van der Waals surface area contributed by atoms with E-state index in [0.717, 1.165) is 15.8 Å². The number of para-hydroxylation sites is 1. The van der Waals surface area contributed by atoms with Crippen molar-refractivity contribution >= 4 is 15.9 Å². The van der Waals surface area contributed by atoms with Crippen LogP contribution in [0.3, 0.4) is 0 Å². The molecule has 0 aliphatic rings. The van der Waals surface area contributed by atoms with E-state index in [1.165, 1.54) is 0 Å². The Morgan fingerprint density at radius 1 is 0.905 bits per heavy atom. The Morgan fingerprint density at radius 3 is 2.10 bits per heavy atom.